The molecule has 0 aromatic heterocycles. The van der Waals surface area contributed by atoms with E-state index < -0.39 is 0 Å². The lowest BCUT2D eigenvalue weighted by Crippen LogP contribution is -2.44. The Morgan fingerprint density at radius 3 is 2.45 bits per heavy atom. The van der Waals surface area contributed by atoms with E-state index in [1.807, 2.05) is 78.9 Å². The van der Waals surface area contributed by atoms with Crippen LogP contribution in [0.25, 0.3) is 0 Å². The van der Waals surface area contributed by atoms with Crippen molar-refractivity contribution in [1.29, 1.82) is 0 Å². The Morgan fingerprint density at radius 2 is 1.66 bits per heavy atom. The summed E-state index contributed by atoms with van der Waals surface area (Å²) in [6, 6.07) is 24.5. The summed E-state index contributed by atoms with van der Waals surface area (Å²) >= 11 is 3.29. The molecule has 1 atom stereocenters. The quantitative estimate of drug-likeness (QED) is 0.490. The second-order valence-electron chi connectivity index (χ2n) is 6.52. The van der Waals surface area contributed by atoms with Crippen LogP contribution < -0.4 is 19.1 Å². The molecule has 0 saturated heterocycles. The highest BCUT2D eigenvalue weighted by molar-refractivity contribution is 9.09. The van der Waals surface area contributed by atoms with Crippen molar-refractivity contribution in [2.75, 3.05) is 23.4 Å². The number of hydrogen-bond donors (Lipinski definition) is 0. The first kappa shape index (κ1) is 19.3. The second kappa shape index (κ2) is 9.01. The summed E-state index contributed by atoms with van der Waals surface area (Å²) in [6.07, 6.45) is -0.294. The van der Waals surface area contributed by atoms with Crippen molar-refractivity contribution in [2.24, 2.45) is 0 Å². The highest BCUT2D eigenvalue weighted by atomic mass is 79.9. The van der Waals surface area contributed by atoms with Crippen LogP contribution in [0, 0.1) is 0 Å². The van der Waals surface area contributed by atoms with Crippen LogP contribution in [0.3, 0.4) is 0 Å². The number of amides is 1. The summed E-state index contributed by atoms with van der Waals surface area (Å²) in [5, 5.41) is 0.191. The number of rotatable bonds is 6. The molecule has 4 rings (SSSR count). The highest BCUT2D eigenvalue weighted by Crippen LogP contribution is 2.35. The Morgan fingerprint density at radius 1 is 0.966 bits per heavy atom. The molecule has 1 amide bonds. The largest absolute Gasteiger partial charge is 0.486 e. The first-order chi connectivity index (χ1) is 14.2. The number of fused-ring (bicyclic) bond motifs is 1. The molecular weight excluding hydrogens is 434 g/mol. The molecule has 0 saturated carbocycles. The molecule has 1 aliphatic heterocycles. The second-order valence-corrected chi connectivity index (χ2v) is 7.08. The summed E-state index contributed by atoms with van der Waals surface area (Å²) in [7, 11) is 0. The number of anilines is 1. The maximum absolute atomic E-state index is 12.8. The topological polar surface area (TPSA) is 48.0 Å². The maximum atomic E-state index is 12.8. The van der Waals surface area contributed by atoms with Gasteiger partial charge in [-0.05, 0) is 36.4 Å². The molecule has 0 aliphatic carbocycles. The monoisotopic (exact) mass is 453 g/mol. The van der Waals surface area contributed by atoms with Gasteiger partial charge in [-0.15, -0.1) is 0 Å². The number of halogens is 1. The molecule has 1 heterocycles. The van der Waals surface area contributed by atoms with E-state index >= 15 is 0 Å². The Balaban J connectivity index is 1.59. The number of carbonyl (C=O) groups excluding carboxylic acids is 1. The predicted molar refractivity (Wildman–Crippen MR) is 115 cm³/mol. The van der Waals surface area contributed by atoms with Crippen molar-refractivity contribution in [3.05, 3.63) is 78.9 Å². The van der Waals surface area contributed by atoms with E-state index in [4.69, 9.17) is 14.2 Å². The third-order valence-corrected chi connectivity index (χ3v) is 4.98. The molecule has 0 radical (unpaired) electrons. The van der Waals surface area contributed by atoms with Crippen LogP contribution in [0.15, 0.2) is 78.9 Å². The summed E-state index contributed by atoms with van der Waals surface area (Å²) < 4.78 is 17.9. The van der Waals surface area contributed by atoms with Gasteiger partial charge in [-0.2, -0.15) is 0 Å². The van der Waals surface area contributed by atoms with Crippen LogP contribution in [-0.4, -0.2) is 30.5 Å². The van der Waals surface area contributed by atoms with E-state index in [-0.39, 0.29) is 17.3 Å². The van der Waals surface area contributed by atoms with Crippen molar-refractivity contribution < 1.29 is 19.0 Å². The van der Waals surface area contributed by atoms with E-state index in [0.29, 0.717) is 36.1 Å². The lowest BCUT2D eigenvalue weighted by molar-refractivity contribution is -0.116. The SMILES string of the molecule is O=C(CBr)N(CC1COc2ccccc2O1)c1ccccc1Oc1ccccc1. The van der Waals surface area contributed by atoms with Gasteiger partial charge in [-0.3, -0.25) is 4.79 Å². The molecule has 3 aromatic rings. The van der Waals surface area contributed by atoms with Gasteiger partial charge in [-0.1, -0.05) is 58.4 Å². The Kier molecular flexibility index (Phi) is 6.00. The third-order valence-electron chi connectivity index (χ3n) is 4.50. The van der Waals surface area contributed by atoms with Crippen molar-refractivity contribution in [2.45, 2.75) is 6.10 Å². The fourth-order valence-electron chi connectivity index (χ4n) is 3.15. The number of hydrogen-bond acceptors (Lipinski definition) is 4. The Labute approximate surface area is 177 Å². The number of ether oxygens (including phenoxy) is 3. The summed E-state index contributed by atoms with van der Waals surface area (Å²) in [5.74, 6) is 2.62. The Bertz CT molecular complexity index is 979. The van der Waals surface area contributed by atoms with E-state index in [2.05, 4.69) is 15.9 Å². The van der Waals surface area contributed by atoms with Gasteiger partial charge >= 0.3 is 0 Å². The van der Waals surface area contributed by atoms with Crippen molar-refractivity contribution >= 4 is 27.5 Å². The summed E-state index contributed by atoms with van der Waals surface area (Å²) in [6.45, 7) is 0.707. The first-order valence-electron chi connectivity index (χ1n) is 9.31. The van der Waals surface area contributed by atoms with Gasteiger partial charge in [0.15, 0.2) is 23.4 Å². The number of alkyl halides is 1. The molecule has 0 N–H and O–H groups in total. The maximum Gasteiger partial charge on any atom is 0.237 e. The molecule has 0 bridgehead atoms. The normalized spacial score (nSPS) is 14.9. The van der Waals surface area contributed by atoms with Crippen molar-refractivity contribution in [1.82, 2.24) is 0 Å². The number of carbonyl (C=O) groups is 1. The van der Waals surface area contributed by atoms with Crippen LogP contribution in [0.2, 0.25) is 0 Å². The molecule has 5 nitrogen and oxygen atoms in total. The molecule has 148 valence electrons. The molecule has 0 spiro atoms. The van der Waals surface area contributed by atoms with E-state index in [1.54, 1.807) is 4.90 Å². The molecule has 1 aliphatic rings. The van der Waals surface area contributed by atoms with Crippen LogP contribution >= 0.6 is 15.9 Å². The minimum Gasteiger partial charge on any atom is -0.486 e. The van der Waals surface area contributed by atoms with Crippen molar-refractivity contribution in [3.8, 4) is 23.0 Å². The van der Waals surface area contributed by atoms with Gasteiger partial charge in [0.1, 0.15) is 12.4 Å². The van der Waals surface area contributed by atoms with Gasteiger partial charge in [-0.25, -0.2) is 0 Å². The highest BCUT2D eigenvalue weighted by Gasteiger charge is 2.27. The lowest BCUT2D eigenvalue weighted by atomic mass is 10.2. The lowest BCUT2D eigenvalue weighted by Gasteiger charge is -2.32. The van der Waals surface area contributed by atoms with Crippen LogP contribution in [0.1, 0.15) is 0 Å². The fourth-order valence-corrected chi connectivity index (χ4v) is 3.45. The van der Waals surface area contributed by atoms with Gasteiger partial charge < -0.3 is 19.1 Å². The fraction of sp³-hybridized carbons (Fsp3) is 0.174. The van der Waals surface area contributed by atoms with Crippen LogP contribution in [-0.2, 0) is 4.79 Å². The molecule has 1 unspecified atom stereocenters. The van der Waals surface area contributed by atoms with E-state index in [0.717, 1.165) is 5.75 Å². The smallest absolute Gasteiger partial charge is 0.237 e. The number of nitrogens with zero attached hydrogens (tertiary/aromatic N) is 1. The standard InChI is InChI=1S/C23H20BrNO4/c24-14-23(26)25(15-18-16-27-21-12-6-7-13-22(21)29-18)19-10-4-5-11-20(19)28-17-8-2-1-3-9-17/h1-13,18H,14-16H2. The van der Waals surface area contributed by atoms with Gasteiger partial charge in [0.05, 0.1) is 17.6 Å². The minimum absolute atomic E-state index is 0.0865. The molecular formula is C23H20BrNO4. The van der Waals surface area contributed by atoms with Gasteiger partial charge in [0, 0.05) is 0 Å². The summed E-state index contributed by atoms with van der Waals surface area (Å²) in [4.78, 5) is 14.4. The van der Waals surface area contributed by atoms with E-state index in [9.17, 15) is 4.79 Å². The van der Waals surface area contributed by atoms with Gasteiger partial charge in [0.2, 0.25) is 5.91 Å². The zero-order valence-corrected chi connectivity index (χ0v) is 17.2. The summed E-state index contributed by atoms with van der Waals surface area (Å²) in [5.41, 5.74) is 0.684. The average molecular weight is 454 g/mol. The Hall–Kier alpha value is -2.99. The number of para-hydroxylation sites is 5. The predicted octanol–water partition coefficient (Wildman–Crippen LogP) is 5.05. The zero-order valence-electron chi connectivity index (χ0n) is 15.7. The molecule has 6 heteroatoms. The van der Waals surface area contributed by atoms with Gasteiger partial charge in [0.25, 0.3) is 0 Å². The van der Waals surface area contributed by atoms with E-state index in [1.165, 1.54) is 0 Å². The molecule has 3 aromatic carbocycles. The zero-order chi connectivity index (χ0) is 20.1. The number of benzene rings is 3. The molecule has 0 fully saturated rings. The minimum atomic E-state index is -0.294. The third kappa shape index (κ3) is 4.54. The van der Waals surface area contributed by atoms with Crippen LogP contribution in [0.4, 0.5) is 5.69 Å². The van der Waals surface area contributed by atoms with Crippen LogP contribution in [0.5, 0.6) is 23.0 Å². The average Bonchev–Trinajstić information content (AvgIpc) is 2.78. The molecule has 29 heavy (non-hydrogen) atoms. The van der Waals surface area contributed by atoms with Crippen molar-refractivity contribution in [3.63, 3.8) is 0 Å². The first-order valence-corrected chi connectivity index (χ1v) is 10.4.